The second kappa shape index (κ2) is 15.8. The van der Waals surface area contributed by atoms with Crippen molar-refractivity contribution in [1.82, 2.24) is 20.9 Å². The van der Waals surface area contributed by atoms with Gasteiger partial charge in [0.1, 0.15) is 24.2 Å². The maximum absolute atomic E-state index is 14.4. The first-order valence-corrected chi connectivity index (χ1v) is 17.2. The quantitative estimate of drug-likeness (QED) is 0.120. The van der Waals surface area contributed by atoms with Gasteiger partial charge in [-0.25, -0.2) is 4.79 Å². The number of ether oxygens (including phenoxy) is 1. The number of hydrogen-bond acceptors (Lipinski definition) is 5. The van der Waals surface area contributed by atoms with Gasteiger partial charge in [-0.2, -0.15) is 0 Å². The van der Waals surface area contributed by atoms with Crippen LogP contribution in [0.4, 0.5) is 4.79 Å². The third-order valence-corrected chi connectivity index (χ3v) is 9.81. The maximum atomic E-state index is 14.4. The van der Waals surface area contributed by atoms with Crippen LogP contribution < -0.4 is 21.7 Å². The Morgan fingerprint density at radius 2 is 1.65 bits per heavy atom. The van der Waals surface area contributed by atoms with E-state index in [-0.39, 0.29) is 31.8 Å². The zero-order chi connectivity index (χ0) is 35.1. The molecule has 10 nitrogen and oxygen atoms in total. The number of aromatic nitrogens is 1. The molecule has 0 spiro atoms. The maximum Gasteiger partial charge on any atom is 0.408 e. The van der Waals surface area contributed by atoms with Crippen molar-refractivity contribution in [3.05, 3.63) is 105 Å². The zero-order valence-electron chi connectivity index (χ0n) is 27.5. The fourth-order valence-electron chi connectivity index (χ4n) is 6.29. The first kappa shape index (κ1) is 35.8. The van der Waals surface area contributed by atoms with Gasteiger partial charge in [-0.15, -0.1) is 0 Å². The highest BCUT2D eigenvalue weighted by Gasteiger charge is 2.46. The molecule has 12 heteroatoms. The molecular weight excluding hydrogens is 665 g/mol. The summed E-state index contributed by atoms with van der Waals surface area (Å²) in [5, 5.41) is 10.2. The molecule has 0 fully saturated rings. The molecular formula is C37H41Cl2N5O5. The molecule has 4 amide bonds. The van der Waals surface area contributed by atoms with E-state index in [1.165, 1.54) is 0 Å². The van der Waals surface area contributed by atoms with Gasteiger partial charge in [0.05, 0.1) is 10.5 Å². The third kappa shape index (κ3) is 8.55. The Morgan fingerprint density at radius 3 is 2.31 bits per heavy atom. The van der Waals surface area contributed by atoms with Gasteiger partial charge < -0.3 is 31.4 Å². The van der Waals surface area contributed by atoms with E-state index in [9.17, 15) is 19.2 Å². The molecule has 1 heterocycles. The van der Waals surface area contributed by atoms with E-state index in [0.29, 0.717) is 34.8 Å². The lowest BCUT2D eigenvalue weighted by atomic mass is 9.78. The van der Waals surface area contributed by atoms with Gasteiger partial charge in [0.15, 0.2) is 0 Å². The predicted molar refractivity (Wildman–Crippen MR) is 190 cm³/mol. The summed E-state index contributed by atoms with van der Waals surface area (Å²) in [6.45, 7) is 3.75. The number of rotatable bonds is 13. The van der Waals surface area contributed by atoms with Crippen LogP contribution in [0.25, 0.3) is 10.9 Å². The number of fused-ring (bicyclic) bond motifs is 3. The molecule has 0 bridgehead atoms. The fourth-order valence-corrected chi connectivity index (χ4v) is 6.83. The van der Waals surface area contributed by atoms with E-state index >= 15 is 0 Å². The van der Waals surface area contributed by atoms with E-state index in [4.69, 9.17) is 33.7 Å². The minimum absolute atomic E-state index is 0.0185. The second-order valence-electron chi connectivity index (χ2n) is 12.7. The predicted octanol–water partition coefficient (Wildman–Crippen LogP) is 5.76. The van der Waals surface area contributed by atoms with E-state index in [2.05, 4.69) is 20.9 Å². The lowest BCUT2D eigenvalue weighted by Crippen LogP contribution is -2.66. The summed E-state index contributed by atoms with van der Waals surface area (Å²) in [6.07, 6.45) is 1.18. The van der Waals surface area contributed by atoms with Crippen LogP contribution in [0.1, 0.15) is 55.5 Å². The average Bonchev–Trinajstić information content (AvgIpc) is 3.46. The Balaban J connectivity index is 1.46. The molecule has 1 aliphatic carbocycles. The van der Waals surface area contributed by atoms with Gasteiger partial charge in [-0.1, -0.05) is 104 Å². The highest BCUT2D eigenvalue weighted by Crippen LogP contribution is 2.38. The molecule has 0 radical (unpaired) electrons. The van der Waals surface area contributed by atoms with Gasteiger partial charge in [0, 0.05) is 22.5 Å². The minimum Gasteiger partial charge on any atom is -0.445 e. The lowest BCUT2D eigenvalue weighted by Gasteiger charge is -2.39. The van der Waals surface area contributed by atoms with Crippen LogP contribution in [0.3, 0.4) is 0 Å². The topological polar surface area (TPSA) is 155 Å². The molecule has 3 aromatic carbocycles. The first-order valence-electron chi connectivity index (χ1n) is 16.4. The molecule has 4 aromatic rings. The summed E-state index contributed by atoms with van der Waals surface area (Å²) in [5.74, 6) is -2.04. The Kier molecular flexibility index (Phi) is 11.5. The van der Waals surface area contributed by atoms with Crippen molar-refractivity contribution in [2.75, 3.05) is 0 Å². The first-order chi connectivity index (χ1) is 23.5. The van der Waals surface area contributed by atoms with Crippen LogP contribution >= 0.6 is 23.2 Å². The number of halogens is 2. The molecule has 258 valence electrons. The largest absolute Gasteiger partial charge is 0.445 e. The number of carbonyl (C=O) groups excluding carboxylic acids is 4. The lowest BCUT2D eigenvalue weighted by molar-refractivity contribution is -0.137. The number of nitrogens with two attached hydrogens (primary N) is 1. The number of nitrogens with one attached hydrogen (secondary N) is 4. The summed E-state index contributed by atoms with van der Waals surface area (Å²) in [6, 6.07) is 20.2. The highest BCUT2D eigenvalue weighted by atomic mass is 35.5. The molecule has 5 rings (SSSR count). The molecule has 6 N–H and O–H groups in total. The van der Waals surface area contributed by atoms with Crippen molar-refractivity contribution in [2.45, 2.75) is 76.6 Å². The number of benzene rings is 3. The van der Waals surface area contributed by atoms with Gasteiger partial charge in [-0.3, -0.25) is 14.4 Å². The van der Waals surface area contributed by atoms with Crippen LogP contribution in [-0.2, 0) is 45.0 Å². The van der Waals surface area contributed by atoms with Gasteiger partial charge in [0.25, 0.3) is 0 Å². The number of primary amides is 1. The van der Waals surface area contributed by atoms with Crippen LogP contribution in [0, 0.1) is 5.92 Å². The Morgan fingerprint density at radius 1 is 0.980 bits per heavy atom. The summed E-state index contributed by atoms with van der Waals surface area (Å²) >= 11 is 12.9. The van der Waals surface area contributed by atoms with Crippen molar-refractivity contribution in [3.63, 3.8) is 0 Å². The smallest absolute Gasteiger partial charge is 0.408 e. The summed E-state index contributed by atoms with van der Waals surface area (Å²) < 4.78 is 5.46. The van der Waals surface area contributed by atoms with Crippen molar-refractivity contribution in [2.24, 2.45) is 11.7 Å². The van der Waals surface area contributed by atoms with E-state index in [1.807, 2.05) is 74.5 Å². The molecule has 4 atom stereocenters. The Bertz CT molecular complexity index is 1820. The highest BCUT2D eigenvalue weighted by molar-refractivity contribution is 6.38. The number of aryl methyl sites for hydroxylation is 2. The standard InChI is InChI=1S/C37H41Cl2N5O5/c1-3-22(2)31(33(40)45)43-35(47)37(17-16-29-27(20-37)26-18-25(38)19-28(39)32(26)41-29)44-34(46)30(15-14-23-10-6-4-7-11-23)42-36(48)49-21-24-12-8-5-9-13-24/h4-13,18-19,22,30-31,41H,3,14-17,20-21H2,1-2H3,(H2,40,45)(H,42,48)(H,43,47)(H,44,46)/t22-,30-,31-,37+/m0/s1. The van der Waals surface area contributed by atoms with E-state index in [1.54, 1.807) is 12.1 Å². The van der Waals surface area contributed by atoms with Crippen molar-refractivity contribution in [3.8, 4) is 0 Å². The molecule has 0 unspecified atom stereocenters. The fraction of sp³-hybridized carbons (Fsp3) is 0.351. The molecule has 0 saturated carbocycles. The Labute approximate surface area is 295 Å². The third-order valence-electron chi connectivity index (χ3n) is 9.29. The Hall–Kier alpha value is -4.54. The molecule has 0 aliphatic heterocycles. The summed E-state index contributed by atoms with van der Waals surface area (Å²) in [5.41, 5.74) is 8.32. The average molecular weight is 707 g/mol. The summed E-state index contributed by atoms with van der Waals surface area (Å²) in [4.78, 5) is 57.5. The molecule has 1 aromatic heterocycles. The number of alkyl carbamates (subject to hydrolysis) is 1. The molecule has 49 heavy (non-hydrogen) atoms. The van der Waals surface area contributed by atoms with Crippen molar-refractivity contribution in [1.29, 1.82) is 0 Å². The van der Waals surface area contributed by atoms with Gasteiger partial charge in [0.2, 0.25) is 17.7 Å². The van der Waals surface area contributed by atoms with Crippen LogP contribution in [0.2, 0.25) is 10.0 Å². The minimum atomic E-state index is -1.50. The number of carbonyl (C=O) groups is 4. The summed E-state index contributed by atoms with van der Waals surface area (Å²) in [7, 11) is 0. The van der Waals surface area contributed by atoms with E-state index < -0.39 is 41.4 Å². The van der Waals surface area contributed by atoms with Crippen molar-refractivity contribution < 1.29 is 23.9 Å². The van der Waals surface area contributed by atoms with Crippen LogP contribution in [0.15, 0.2) is 72.8 Å². The van der Waals surface area contributed by atoms with E-state index in [0.717, 1.165) is 27.8 Å². The monoisotopic (exact) mass is 705 g/mol. The number of aromatic amines is 1. The normalized spacial score (nSPS) is 17.3. The zero-order valence-corrected chi connectivity index (χ0v) is 29.0. The second-order valence-corrected chi connectivity index (χ2v) is 13.5. The van der Waals surface area contributed by atoms with Gasteiger partial charge >= 0.3 is 6.09 Å². The molecule has 0 saturated heterocycles. The number of amides is 4. The van der Waals surface area contributed by atoms with Gasteiger partial charge in [-0.05, 0) is 60.4 Å². The molecule has 1 aliphatic rings. The van der Waals surface area contributed by atoms with Crippen LogP contribution in [0.5, 0.6) is 0 Å². The van der Waals surface area contributed by atoms with Crippen molar-refractivity contribution >= 4 is 57.9 Å². The SMILES string of the molecule is CC[C@H](C)[C@H](NC(=O)[C@@]1(NC(=O)[C@H](CCc2ccccc2)NC(=O)OCc2ccccc2)CCc2[nH]c3c(Cl)cc(Cl)cc3c2C1)C(N)=O. The van der Waals surface area contributed by atoms with Crippen LogP contribution in [-0.4, -0.2) is 46.4 Å². The number of hydrogen-bond donors (Lipinski definition) is 5. The number of H-pyrrole nitrogens is 1.